The number of carbonyl (C=O) groups is 2. The van der Waals surface area contributed by atoms with Crippen molar-refractivity contribution in [1.29, 1.82) is 0 Å². The van der Waals surface area contributed by atoms with Crippen molar-refractivity contribution in [3.8, 4) is 0 Å². The van der Waals surface area contributed by atoms with Gasteiger partial charge in [-0.2, -0.15) is 0 Å². The highest BCUT2D eigenvalue weighted by Gasteiger charge is 2.08. The third-order valence-corrected chi connectivity index (χ3v) is 2.87. The fourth-order valence-electron chi connectivity index (χ4n) is 1.84. The van der Waals surface area contributed by atoms with E-state index in [1.54, 1.807) is 31.2 Å². The lowest BCUT2D eigenvalue weighted by Gasteiger charge is -2.04. The molecule has 2 aromatic rings. The van der Waals surface area contributed by atoms with E-state index in [2.05, 4.69) is 5.32 Å². The van der Waals surface area contributed by atoms with Crippen molar-refractivity contribution in [2.45, 2.75) is 13.3 Å². The lowest BCUT2D eigenvalue weighted by atomic mass is 10.1. The van der Waals surface area contributed by atoms with Gasteiger partial charge in [0.25, 0.3) is 5.91 Å². The molecule has 1 aromatic heterocycles. The lowest BCUT2D eigenvalue weighted by Crippen LogP contribution is -2.25. The zero-order chi connectivity index (χ0) is 14.5. The summed E-state index contributed by atoms with van der Waals surface area (Å²) in [5, 5.41) is 11.7. The minimum atomic E-state index is -0.954. The monoisotopic (exact) mass is 273 g/mol. The summed E-state index contributed by atoms with van der Waals surface area (Å²) in [5.74, 6) is -0.467. The van der Waals surface area contributed by atoms with Crippen molar-refractivity contribution >= 4 is 11.9 Å². The number of aryl methyl sites for hydroxylation is 1. The lowest BCUT2D eigenvalue weighted by molar-refractivity contribution is 0.0696. The van der Waals surface area contributed by atoms with Crippen molar-refractivity contribution in [2.24, 2.45) is 0 Å². The molecule has 0 bridgehead atoms. The van der Waals surface area contributed by atoms with E-state index in [1.807, 2.05) is 6.07 Å². The summed E-state index contributed by atoms with van der Waals surface area (Å²) in [6.45, 7) is 2.21. The number of carboxylic acid groups (broad SMARTS) is 1. The molecular formula is C15H15NO4. The molecule has 104 valence electrons. The molecular weight excluding hydrogens is 258 g/mol. The van der Waals surface area contributed by atoms with Gasteiger partial charge in [-0.15, -0.1) is 0 Å². The van der Waals surface area contributed by atoms with Crippen molar-refractivity contribution in [2.75, 3.05) is 6.54 Å². The summed E-state index contributed by atoms with van der Waals surface area (Å²) < 4.78 is 5.07. The van der Waals surface area contributed by atoms with Gasteiger partial charge in [-0.3, -0.25) is 4.79 Å². The number of amides is 1. The number of rotatable bonds is 5. The number of hydrogen-bond acceptors (Lipinski definition) is 3. The van der Waals surface area contributed by atoms with Crippen molar-refractivity contribution < 1.29 is 19.1 Å². The molecule has 20 heavy (non-hydrogen) atoms. The van der Waals surface area contributed by atoms with Crippen LogP contribution in [-0.4, -0.2) is 23.5 Å². The average Bonchev–Trinajstić information content (AvgIpc) is 2.86. The number of carbonyl (C=O) groups excluding carboxylic acids is 1. The molecule has 5 nitrogen and oxygen atoms in total. The highest BCUT2D eigenvalue weighted by atomic mass is 16.4. The Kier molecular flexibility index (Phi) is 4.20. The van der Waals surface area contributed by atoms with E-state index in [9.17, 15) is 9.59 Å². The molecule has 0 aliphatic heterocycles. The predicted octanol–water partition coefficient (Wildman–Crippen LogP) is 2.26. The largest absolute Gasteiger partial charge is 0.478 e. The molecule has 0 saturated carbocycles. The first-order valence-electron chi connectivity index (χ1n) is 6.22. The number of furan rings is 1. The third-order valence-electron chi connectivity index (χ3n) is 2.87. The van der Waals surface area contributed by atoms with Crippen LogP contribution in [0.1, 0.15) is 32.0 Å². The Balaban J connectivity index is 1.88. The summed E-state index contributed by atoms with van der Waals surface area (Å²) in [4.78, 5) is 22.6. The van der Waals surface area contributed by atoms with Crippen LogP contribution in [0.15, 0.2) is 41.0 Å². The summed E-state index contributed by atoms with van der Waals surface area (Å²) in [6, 6.07) is 8.34. The first-order chi connectivity index (χ1) is 9.56. The Morgan fingerprint density at radius 2 is 2.05 bits per heavy atom. The van der Waals surface area contributed by atoms with Gasteiger partial charge in [0.15, 0.2) is 0 Å². The maximum atomic E-state index is 11.8. The second kappa shape index (κ2) is 6.06. The fourth-order valence-corrected chi connectivity index (χ4v) is 1.84. The minimum Gasteiger partial charge on any atom is -0.478 e. The summed E-state index contributed by atoms with van der Waals surface area (Å²) in [6.07, 6.45) is 1.99. The Hall–Kier alpha value is -2.56. The van der Waals surface area contributed by atoms with E-state index in [1.165, 1.54) is 6.26 Å². The molecule has 2 rings (SSSR count). The molecule has 1 heterocycles. The predicted molar refractivity (Wildman–Crippen MR) is 72.9 cm³/mol. The molecule has 1 aromatic carbocycles. The summed E-state index contributed by atoms with van der Waals surface area (Å²) in [7, 11) is 0. The third kappa shape index (κ3) is 3.47. The zero-order valence-corrected chi connectivity index (χ0v) is 11.1. The molecule has 0 spiro atoms. The quantitative estimate of drug-likeness (QED) is 0.875. The first-order valence-corrected chi connectivity index (χ1v) is 6.22. The number of benzene rings is 1. The Labute approximate surface area is 116 Å². The molecule has 0 saturated heterocycles. The van der Waals surface area contributed by atoms with Gasteiger partial charge in [-0.05, 0) is 37.1 Å². The number of carboxylic acids is 1. The summed E-state index contributed by atoms with van der Waals surface area (Å²) >= 11 is 0. The zero-order valence-electron chi connectivity index (χ0n) is 11.1. The van der Waals surface area contributed by atoms with Gasteiger partial charge in [0.1, 0.15) is 12.0 Å². The first kappa shape index (κ1) is 13.9. The molecule has 1 amide bonds. The van der Waals surface area contributed by atoms with Crippen LogP contribution < -0.4 is 5.32 Å². The average molecular weight is 273 g/mol. The van der Waals surface area contributed by atoms with Crippen LogP contribution in [0.25, 0.3) is 0 Å². The van der Waals surface area contributed by atoms with Gasteiger partial charge in [0, 0.05) is 6.54 Å². The Morgan fingerprint density at radius 3 is 2.70 bits per heavy atom. The molecule has 0 fully saturated rings. The molecule has 0 aliphatic carbocycles. The van der Waals surface area contributed by atoms with Crippen LogP contribution in [0.5, 0.6) is 0 Å². The number of aromatic carboxylic acids is 1. The fraction of sp³-hybridized carbons (Fsp3) is 0.200. The van der Waals surface area contributed by atoms with E-state index in [-0.39, 0.29) is 11.5 Å². The summed E-state index contributed by atoms with van der Waals surface area (Å²) in [5.41, 5.74) is 1.61. The van der Waals surface area contributed by atoms with Gasteiger partial charge >= 0.3 is 5.97 Å². The van der Waals surface area contributed by atoms with E-state index >= 15 is 0 Å². The highest BCUT2D eigenvalue weighted by Crippen LogP contribution is 2.07. The van der Waals surface area contributed by atoms with E-state index in [0.29, 0.717) is 24.3 Å². The van der Waals surface area contributed by atoms with Gasteiger partial charge < -0.3 is 14.8 Å². The van der Waals surface area contributed by atoms with Gasteiger partial charge in [0.05, 0.1) is 11.1 Å². The normalized spacial score (nSPS) is 10.2. The SMILES string of the molecule is Cc1cc(C(=O)NCCc2cccc(C(=O)O)c2)co1. The van der Waals surface area contributed by atoms with Crippen LogP contribution in [0, 0.1) is 6.92 Å². The van der Waals surface area contributed by atoms with Crippen LogP contribution in [0.3, 0.4) is 0 Å². The maximum absolute atomic E-state index is 11.8. The standard InChI is InChI=1S/C15H15NO4/c1-10-7-13(9-20-10)14(17)16-6-5-11-3-2-4-12(8-11)15(18)19/h2-4,7-9H,5-6H2,1H3,(H,16,17)(H,18,19). The van der Waals surface area contributed by atoms with Crippen molar-refractivity contribution in [3.05, 3.63) is 59.0 Å². The van der Waals surface area contributed by atoms with Crippen LogP contribution in [-0.2, 0) is 6.42 Å². The molecule has 0 atom stereocenters. The maximum Gasteiger partial charge on any atom is 0.335 e. The van der Waals surface area contributed by atoms with Crippen molar-refractivity contribution in [3.63, 3.8) is 0 Å². The minimum absolute atomic E-state index is 0.198. The van der Waals surface area contributed by atoms with Crippen LogP contribution >= 0.6 is 0 Å². The Bertz CT molecular complexity index is 630. The van der Waals surface area contributed by atoms with Crippen LogP contribution in [0.4, 0.5) is 0 Å². The van der Waals surface area contributed by atoms with Crippen LogP contribution in [0.2, 0.25) is 0 Å². The topological polar surface area (TPSA) is 79.5 Å². The van der Waals surface area contributed by atoms with E-state index in [4.69, 9.17) is 9.52 Å². The molecule has 2 N–H and O–H groups in total. The smallest absolute Gasteiger partial charge is 0.335 e. The second-order valence-electron chi connectivity index (χ2n) is 4.46. The molecule has 0 aliphatic rings. The highest BCUT2D eigenvalue weighted by molar-refractivity contribution is 5.93. The molecule has 0 radical (unpaired) electrons. The van der Waals surface area contributed by atoms with Gasteiger partial charge in [-0.1, -0.05) is 12.1 Å². The molecule has 5 heteroatoms. The van der Waals surface area contributed by atoms with Gasteiger partial charge in [-0.25, -0.2) is 4.79 Å². The van der Waals surface area contributed by atoms with E-state index in [0.717, 1.165) is 5.56 Å². The number of nitrogens with one attached hydrogen (secondary N) is 1. The van der Waals surface area contributed by atoms with Crippen molar-refractivity contribution in [1.82, 2.24) is 5.32 Å². The second-order valence-corrected chi connectivity index (χ2v) is 4.46. The Morgan fingerprint density at radius 1 is 1.25 bits per heavy atom. The number of hydrogen-bond donors (Lipinski definition) is 2. The molecule has 0 unspecified atom stereocenters. The van der Waals surface area contributed by atoms with Gasteiger partial charge in [0.2, 0.25) is 0 Å². The van der Waals surface area contributed by atoms with E-state index < -0.39 is 5.97 Å².